The Morgan fingerprint density at radius 1 is 0.684 bits per heavy atom. The lowest BCUT2D eigenvalue weighted by Gasteiger charge is -2.09. The topological polar surface area (TPSA) is 48.1 Å². The van der Waals surface area contributed by atoms with Crippen molar-refractivity contribution in [2.45, 2.75) is 78.1 Å². The van der Waals surface area contributed by atoms with Crippen molar-refractivity contribution in [2.75, 3.05) is 12.3 Å². The van der Waals surface area contributed by atoms with E-state index in [0.29, 0.717) is 0 Å². The number of rotatable bonds is 16. The summed E-state index contributed by atoms with van der Waals surface area (Å²) in [4.78, 5) is 3.04. The van der Waals surface area contributed by atoms with Gasteiger partial charge in [0.05, 0.1) is 0 Å². The van der Waals surface area contributed by atoms with Gasteiger partial charge in [-0.2, -0.15) is 15.9 Å². The van der Waals surface area contributed by atoms with Gasteiger partial charge in [0.2, 0.25) is 0 Å². The van der Waals surface area contributed by atoms with Gasteiger partial charge in [-0.15, -0.1) is 0 Å². The molecule has 0 aliphatic heterocycles. The van der Waals surface area contributed by atoms with Gasteiger partial charge in [-0.05, 0) is 12.8 Å². The molecular formula is C14H34N4S. The molecule has 0 unspecified atom stereocenters. The SMILES string of the molecule is CCCCCCCCCCNNNNSCCCC. The summed E-state index contributed by atoms with van der Waals surface area (Å²) >= 11 is 1.70. The molecule has 116 valence electrons. The summed E-state index contributed by atoms with van der Waals surface area (Å²) in [6.07, 6.45) is 13.4. The van der Waals surface area contributed by atoms with E-state index in [4.69, 9.17) is 0 Å². The van der Waals surface area contributed by atoms with Crippen molar-refractivity contribution in [3.8, 4) is 0 Å². The van der Waals surface area contributed by atoms with Gasteiger partial charge in [0, 0.05) is 12.3 Å². The molecule has 0 aliphatic rings. The third-order valence-corrected chi connectivity index (χ3v) is 3.77. The number of unbranched alkanes of at least 4 members (excludes halogenated alkanes) is 8. The highest BCUT2D eigenvalue weighted by Crippen LogP contribution is 2.07. The molecular weight excluding hydrogens is 256 g/mol. The van der Waals surface area contributed by atoms with Crippen LogP contribution in [0, 0.1) is 0 Å². The number of hydrazine groups is 3. The summed E-state index contributed by atoms with van der Waals surface area (Å²) in [6, 6.07) is 0. The maximum Gasteiger partial charge on any atom is 0.0113 e. The summed E-state index contributed by atoms with van der Waals surface area (Å²) < 4.78 is 0. The average Bonchev–Trinajstić information content (AvgIpc) is 2.43. The largest absolute Gasteiger partial charge is 0.243 e. The highest BCUT2D eigenvalue weighted by Gasteiger charge is 1.91. The highest BCUT2D eigenvalue weighted by molar-refractivity contribution is 7.97. The van der Waals surface area contributed by atoms with Crippen molar-refractivity contribution in [1.29, 1.82) is 0 Å². The third kappa shape index (κ3) is 18.2. The molecule has 0 aliphatic carbocycles. The molecule has 0 fully saturated rings. The minimum atomic E-state index is 1.02. The summed E-state index contributed by atoms with van der Waals surface area (Å²) in [5, 5.41) is 0. The first-order valence-electron chi connectivity index (χ1n) is 8.01. The molecule has 0 saturated carbocycles. The first kappa shape index (κ1) is 19.2. The van der Waals surface area contributed by atoms with Gasteiger partial charge in [0.25, 0.3) is 0 Å². The third-order valence-electron chi connectivity index (χ3n) is 3.03. The fourth-order valence-electron chi connectivity index (χ4n) is 1.78. The molecule has 0 atom stereocenters. The second kappa shape index (κ2) is 18.2. The van der Waals surface area contributed by atoms with Gasteiger partial charge < -0.3 is 0 Å². The molecule has 0 rings (SSSR count). The zero-order valence-corrected chi connectivity index (χ0v) is 13.7. The van der Waals surface area contributed by atoms with Crippen LogP contribution in [-0.2, 0) is 0 Å². The predicted molar refractivity (Wildman–Crippen MR) is 87.4 cm³/mol. The van der Waals surface area contributed by atoms with E-state index in [2.05, 4.69) is 35.2 Å². The second-order valence-corrected chi connectivity index (χ2v) is 5.86. The summed E-state index contributed by atoms with van der Waals surface area (Å²) in [5.74, 6) is 1.14. The predicted octanol–water partition coefficient (Wildman–Crippen LogP) is 3.68. The molecule has 0 amide bonds. The van der Waals surface area contributed by atoms with Crippen LogP contribution < -0.4 is 21.3 Å². The van der Waals surface area contributed by atoms with Crippen molar-refractivity contribution in [3.05, 3.63) is 0 Å². The van der Waals surface area contributed by atoms with Gasteiger partial charge in [-0.1, -0.05) is 77.2 Å². The van der Waals surface area contributed by atoms with E-state index in [0.717, 1.165) is 12.3 Å². The van der Waals surface area contributed by atoms with Crippen LogP contribution in [0.15, 0.2) is 0 Å². The van der Waals surface area contributed by atoms with E-state index in [1.165, 1.54) is 64.2 Å². The fraction of sp³-hybridized carbons (Fsp3) is 1.00. The average molecular weight is 291 g/mol. The van der Waals surface area contributed by atoms with Gasteiger partial charge in [-0.25, -0.2) is 5.43 Å². The van der Waals surface area contributed by atoms with Crippen LogP contribution in [0.4, 0.5) is 0 Å². The Morgan fingerprint density at radius 2 is 1.32 bits per heavy atom. The lowest BCUT2D eigenvalue weighted by atomic mass is 10.1. The van der Waals surface area contributed by atoms with E-state index in [9.17, 15) is 0 Å². The van der Waals surface area contributed by atoms with E-state index < -0.39 is 0 Å². The summed E-state index contributed by atoms with van der Waals surface area (Å²) in [5.41, 5.74) is 9.02. The minimum Gasteiger partial charge on any atom is -0.243 e. The van der Waals surface area contributed by atoms with Gasteiger partial charge in [-0.3, -0.25) is 0 Å². The standard InChI is InChI=1S/C14H34N4S/c1-3-5-7-8-9-10-11-12-13-15-16-17-18-19-14-6-4-2/h15-18H,3-14H2,1-2H3. The van der Waals surface area contributed by atoms with E-state index in [1.807, 2.05) is 0 Å². The smallest absolute Gasteiger partial charge is 0.0113 e. The first-order valence-corrected chi connectivity index (χ1v) is 9.00. The molecule has 0 aromatic heterocycles. The number of nitrogens with one attached hydrogen (secondary N) is 4. The van der Waals surface area contributed by atoms with Crippen LogP contribution in [0.2, 0.25) is 0 Å². The van der Waals surface area contributed by atoms with Gasteiger partial charge in [0.1, 0.15) is 0 Å². The Bertz CT molecular complexity index is 142. The molecule has 5 heteroatoms. The van der Waals surface area contributed by atoms with E-state index in [1.54, 1.807) is 11.9 Å². The minimum absolute atomic E-state index is 1.02. The zero-order chi connectivity index (χ0) is 14.0. The Labute approximate surface area is 124 Å². The molecule has 4 nitrogen and oxygen atoms in total. The van der Waals surface area contributed by atoms with Crippen LogP contribution in [0.25, 0.3) is 0 Å². The van der Waals surface area contributed by atoms with Crippen molar-refractivity contribution < 1.29 is 0 Å². The molecule has 0 saturated heterocycles. The summed E-state index contributed by atoms with van der Waals surface area (Å²) in [6.45, 7) is 5.49. The van der Waals surface area contributed by atoms with Crippen molar-refractivity contribution in [3.63, 3.8) is 0 Å². The molecule has 0 aromatic rings. The van der Waals surface area contributed by atoms with E-state index in [-0.39, 0.29) is 0 Å². The molecule has 0 spiro atoms. The Morgan fingerprint density at radius 3 is 2.00 bits per heavy atom. The van der Waals surface area contributed by atoms with Crippen LogP contribution in [0.5, 0.6) is 0 Å². The van der Waals surface area contributed by atoms with Crippen LogP contribution >= 0.6 is 11.9 Å². The lowest BCUT2D eigenvalue weighted by Crippen LogP contribution is -2.48. The number of hydrogen-bond acceptors (Lipinski definition) is 5. The normalized spacial score (nSPS) is 11.1. The zero-order valence-electron chi connectivity index (χ0n) is 12.9. The molecule has 19 heavy (non-hydrogen) atoms. The van der Waals surface area contributed by atoms with Crippen molar-refractivity contribution in [2.24, 2.45) is 0 Å². The number of hydrogen-bond donors (Lipinski definition) is 4. The monoisotopic (exact) mass is 290 g/mol. The molecule has 0 radical (unpaired) electrons. The Hall–Kier alpha value is 0.190. The summed E-state index contributed by atoms with van der Waals surface area (Å²) in [7, 11) is 0. The van der Waals surface area contributed by atoms with Gasteiger partial charge >= 0.3 is 0 Å². The molecule has 0 bridgehead atoms. The fourth-order valence-corrected chi connectivity index (χ4v) is 2.44. The van der Waals surface area contributed by atoms with Crippen LogP contribution in [-0.4, -0.2) is 12.3 Å². The van der Waals surface area contributed by atoms with Gasteiger partial charge in [0.15, 0.2) is 0 Å². The molecule has 4 N–H and O–H groups in total. The lowest BCUT2D eigenvalue weighted by molar-refractivity contribution is 0.414. The Kier molecular flexibility index (Phi) is 18.4. The van der Waals surface area contributed by atoms with Crippen LogP contribution in [0.3, 0.4) is 0 Å². The maximum atomic E-state index is 3.15. The highest BCUT2D eigenvalue weighted by atomic mass is 32.2. The first-order chi connectivity index (χ1) is 9.41. The van der Waals surface area contributed by atoms with Crippen LogP contribution in [0.1, 0.15) is 78.1 Å². The quantitative estimate of drug-likeness (QED) is 0.198. The van der Waals surface area contributed by atoms with E-state index >= 15 is 0 Å². The maximum absolute atomic E-state index is 3.15. The molecule has 0 heterocycles. The molecule has 0 aromatic carbocycles. The van der Waals surface area contributed by atoms with Crippen molar-refractivity contribution in [1.82, 2.24) is 21.3 Å². The second-order valence-electron chi connectivity index (χ2n) is 4.96. The van der Waals surface area contributed by atoms with Crippen molar-refractivity contribution >= 4 is 11.9 Å². The Balaban J connectivity index is 2.88.